The van der Waals surface area contributed by atoms with E-state index in [2.05, 4.69) is 44.7 Å². The van der Waals surface area contributed by atoms with Gasteiger partial charge >= 0.3 is 0 Å². The molecule has 1 spiro atoms. The molecule has 12 nitrogen and oxygen atoms in total. The van der Waals surface area contributed by atoms with Gasteiger partial charge in [-0.1, -0.05) is 91.0 Å². The second-order valence-electron chi connectivity index (χ2n) is 14.9. The number of aliphatic hydroxyl groups is 1. The standard InChI is InChI=1S/C44H51N5O7/c50-29-31-14-16-33(17-15-31)39-26-37(28-48-24-22-44(23-25-48)43(53)46-30-49(44)36-9-2-1-3-10-36)55-42(56-39)34-20-18-32(19-21-34)38-11-5-4-8-35(38)27-45-40(51)12-6-7-13-41(52)47-54/h1-5,8-11,14-21,37,39,42,50,54H,6-7,12-13,22-30H2,(H,45,51)(H,46,53)(H,47,52)/t37-,39+,42+/m1/s1. The number of amides is 3. The highest BCUT2D eigenvalue weighted by molar-refractivity contribution is 5.93. The number of hydrogen-bond donors (Lipinski definition) is 5. The molecule has 0 aromatic heterocycles. The number of piperidine rings is 1. The van der Waals surface area contributed by atoms with Gasteiger partial charge in [-0.25, -0.2) is 5.48 Å². The van der Waals surface area contributed by atoms with Gasteiger partial charge in [-0.15, -0.1) is 0 Å². The quantitative estimate of drug-likeness (QED) is 0.0637. The number of hydroxylamine groups is 1. The molecule has 294 valence electrons. The summed E-state index contributed by atoms with van der Waals surface area (Å²) in [7, 11) is 0. The maximum atomic E-state index is 13.3. The first-order valence-electron chi connectivity index (χ1n) is 19.6. The first-order valence-corrected chi connectivity index (χ1v) is 19.6. The summed E-state index contributed by atoms with van der Waals surface area (Å²) in [6.07, 6.45) is 2.72. The molecular formula is C44H51N5O7. The average molecular weight is 762 g/mol. The highest BCUT2D eigenvalue weighted by Crippen LogP contribution is 2.40. The van der Waals surface area contributed by atoms with Gasteiger partial charge in [0.1, 0.15) is 5.54 Å². The van der Waals surface area contributed by atoms with E-state index in [0.717, 1.165) is 65.0 Å². The summed E-state index contributed by atoms with van der Waals surface area (Å²) in [5.74, 6) is -0.448. The van der Waals surface area contributed by atoms with Crippen molar-refractivity contribution in [1.82, 2.24) is 21.0 Å². The molecule has 0 aliphatic carbocycles. The van der Waals surface area contributed by atoms with Crippen LogP contribution in [0.5, 0.6) is 0 Å². The van der Waals surface area contributed by atoms with Crippen molar-refractivity contribution in [3.63, 3.8) is 0 Å². The Kier molecular flexibility index (Phi) is 12.7. The fraction of sp³-hybridized carbons (Fsp3) is 0.386. The second kappa shape index (κ2) is 18.2. The number of hydrogen-bond acceptors (Lipinski definition) is 9. The lowest BCUT2D eigenvalue weighted by Gasteiger charge is -2.45. The molecule has 3 fully saturated rings. The predicted octanol–water partition coefficient (Wildman–Crippen LogP) is 5.50. The molecule has 0 saturated carbocycles. The van der Waals surface area contributed by atoms with Gasteiger partial charge in [0.15, 0.2) is 6.29 Å². The number of anilines is 1. The summed E-state index contributed by atoms with van der Waals surface area (Å²) >= 11 is 0. The number of benzene rings is 4. The summed E-state index contributed by atoms with van der Waals surface area (Å²) < 4.78 is 13.4. The average Bonchev–Trinajstić information content (AvgIpc) is 3.56. The van der Waals surface area contributed by atoms with Crippen LogP contribution in [0.15, 0.2) is 103 Å². The number of carbonyl (C=O) groups excluding carboxylic acids is 3. The molecule has 12 heteroatoms. The number of nitrogens with zero attached hydrogens (tertiary/aromatic N) is 2. The Labute approximate surface area is 327 Å². The van der Waals surface area contributed by atoms with Crippen LogP contribution in [0, 0.1) is 0 Å². The molecule has 7 rings (SSSR count). The number of rotatable bonds is 14. The molecule has 5 N–H and O–H groups in total. The first kappa shape index (κ1) is 39.1. The van der Waals surface area contributed by atoms with Crippen LogP contribution in [0.25, 0.3) is 11.1 Å². The normalized spacial score (nSPS) is 20.8. The van der Waals surface area contributed by atoms with Gasteiger partial charge in [-0.2, -0.15) is 0 Å². The highest BCUT2D eigenvalue weighted by atomic mass is 16.7. The molecule has 4 aromatic rings. The molecule has 3 amide bonds. The molecule has 56 heavy (non-hydrogen) atoms. The summed E-state index contributed by atoms with van der Waals surface area (Å²) in [4.78, 5) is 41.7. The largest absolute Gasteiger partial charge is 0.392 e. The van der Waals surface area contributed by atoms with E-state index in [1.54, 1.807) is 5.48 Å². The van der Waals surface area contributed by atoms with Crippen molar-refractivity contribution in [2.24, 2.45) is 0 Å². The van der Waals surface area contributed by atoms with Gasteiger partial charge in [0.05, 0.1) is 25.5 Å². The van der Waals surface area contributed by atoms with Gasteiger partial charge in [0, 0.05) is 56.7 Å². The number of likely N-dealkylation sites (tertiary alicyclic amines) is 1. The summed E-state index contributed by atoms with van der Waals surface area (Å²) in [6, 6.07) is 34.2. The minimum absolute atomic E-state index is 0.0222. The minimum Gasteiger partial charge on any atom is -0.392 e. The number of unbranched alkanes of at least 4 members (excludes halogenated alkanes) is 1. The van der Waals surface area contributed by atoms with Crippen molar-refractivity contribution in [1.29, 1.82) is 0 Å². The third-order valence-electron chi connectivity index (χ3n) is 11.3. The monoisotopic (exact) mass is 761 g/mol. The van der Waals surface area contributed by atoms with Crippen molar-refractivity contribution < 1.29 is 34.2 Å². The first-order chi connectivity index (χ1) is 27.3. The maximum absolute atomic E-state index is 13.3. The van der Waals surface area contributed by atoms with E-state index in [9.17, 15) is 19.5 Å². The molecule has 3 aliphatic rings. The number of aliphatic hydroxyl groups excluding tert-OH is 1. The molecule has 3 aliphatic heterocycles. The zero-order valence-corrected chi connectivity index (χ0v) is 31.6. The van der Waals surface area contributed by atoms with Crippen molar-refractivity contribution in [3.05, 3.63) is 125 Å². The topological polar surface area (TPSA) is 153 Å². The summed E-state index contributed by atoms with van der Waals surface area (Å²) in [6.45, 7) is 3.12. The third-order valence-corrected chi connectivity index (χ3v) is 11.3. The van der Waals surface area contributed by atoms with Crippen molar-refractivity contribution >= 4 is 23.4 Å². The third kappa shape index (κ3) is 9.12. The number of para-hydroxylation sites is 1. The zero-order valence-electron chi connectivity index (χ0n) is 31.6. The molecule has 0 bridgehead atoms. The van der Waals surface area contributed by atoms with Gasteiger partial charge in [0.2, 0.25) is 17.7 Å². The van der Waals surface area contributed by atoms with Crippen LogP contribution in [0.2, 0.25) is 0 Å². The lowest BCUT2D eigenvalue weighted by Crippen LogP contribution is -2.57. The zero-order chi connectivity index (χ0) is 38.9. The molecule has 0 radical (unpaired) electrons. The molecular weight excluding hydrogens is 711 g/mol. The number of nitrogens with one attached hydrogen (secondary N) is 3. The number of ether oxygens (including phenoxy) is 2. The van der Waals surface area contributed by atoms with Crippen molar-refractivity contribution in [3.8, 4) is 11.1 Å². The van der Waals surface area contributed by atoms with Crippen molar-refractivity contribution in [2.75, 3.05) is 31.2 Å². The van der Waals surface area contributed by atoms with Crippen LogP contribution in [-0.4, -0.2) is 70.9 Å². The van der Waals surface area contributed by atoms with E-state index in [-0.39, 0.29) is 37.0 Å². The van der Waals surface area contributed by atoms with Gasteiger partial charge < -0.3 is 35.0 Å². The van der Waals surface area contributed by atoms with E-state index < -0.39 is 17.7 Å². The Bertz CT molecular complexity index is 1930. The Hall–Kier alpha value is -5.11. The Balaban J connectivity index is 1.02. The van der Waals surface area contributed by atoms with E-state index >= 15 is 0 Å². The smallest absolute Gasteiger partial charge is 0.247 e. The van der Waals surface area contributed by atoms with Crippen LogP contribution in [0.4, 0.5) is 5.69 Å². The lowest BCUT2D eigenvalue weighted by molar-refractivity contribution is -0.253. The van der Waals surface area contributed by atoms with Crippen LogP contribution in [-0.2, 0) is 37.0 Å². The Morgan fingerprint density at radius 3 is 2.21 bits per heavy atom. The summed E-state index contributed by atoms with van der Waals surface area (Å²) in [5.41, 5.74) is 7.88. The molecule has 4 aromatic carbocycles. The van der Waals surface area contributed by atoms with E-state index in [1.807, 2.05) is 78.9 Å². The van der Waals surface area contributed by atoms with Gasteiger partial charge in [-0.3, -0.25) is 19.6 Å². The number of carbonyl (C=O) groups is 3. The second-order valence-corrected chi connectivity index (χ2v) is 14.9. The van der Waals surface area contributed by atoms with Crippen LogP contribution in [0.1, 0.15) is 79.6 Å². The SMILES string of the molecule is O=C(CCCCC(=O)NCc1ccccc1-c1ccc([C@H]2O[C@@H](CN3CCC4(CC3)C(=O)NCN4c3ccccc3)C[C@@H](c3ccc(CO)cc3)O2)cc1)NO. The van der Waals surface area contributed by atoms with Gasteiger partial charge in [0.25, 0.3) is 0 Å². The van der Waals surface area contributed by atoms with E-state index in [0.29, 0.717) is 45.4 Å². The van der Waals surface area contributed by atoms with Crippen LogP contribution >= 0.6 is 0 Å². The fourth-order valence-electron chi connectivity index (χ4n) is 8.14. The highest BCUT2D eigenvalue weighted by Gasteiger charge is 2.50. The van der Waals surface area contributed by atoms with Crippen LogP contribution in [0.3, 0.4) is 0 Å². The molecule has 3 atom stereocenters. The molecule has 0 unspecified atom stereocenters. The summed E-state index contributed by atoms with van der Waals surface area (Å²) in [5, 5.41) is 24.4. The molecule has 3 heterocycles. The Morgan fingerprint density at radius 2 is 1.50 bits per heavy atom. The minimum atomic E-state index is -0.603. The maximum Gasteiger partial charge on any atom is 0.247 e. The Morgan fingerprint density at radius 1 is 0.821 bits per heavy atom. The fourth-order valence-corrected chi connectivity index (χ4v) is 8.14. The van der Waals surface area contributed by atoms with Crippen molar-refractivity contribution in [2.45, 2.75) is 82.1 Å². The van der Waals surface area contributed by atoms with E-state index in [1.165, 1.54) is 0 Å². The lowest BCUT2D eigenvalue weighted by atomic mass is 9.85. The predicted molar refractivity (Wildman–Crippen MR) is 211 cm³/mol. The van der Waals surface area contributed by atoms with Gasteiger partial charge in [-0.05, 0) is 65.6 Å². The molecule has 3 saturated heterocycles. The van der Waals surface area contributed by atoms with E-state index in [4.69, 9.17) is 14.7 Å². The van der Waals surface area contributed by atoms with Crippen LogP contribution < -0.4 is 21.0 Å².